The van der Waals surface area contributed by atoms with Crippen molar-refractivity contribution in [2.24, 2.45) is 0 Å². The van der Waals surface area contributed by atoms with E-state index < -0.39 is 16.0 Å². The third-order valence-electron chi connectivity index (χ3n) is 4.40. The highest BCUT2D eigenvalue weighted by atomic mass is 32.2. The number of aromatic nitrogens is 1. The molecule has 1 N–H and O–H groups in total. The van der Waals surface area contributed by atoms with Gasteiger partial charge in [0.2, 0.25) is 10.0 Å². The van der Waals surface area contributed by atoms with E-state index in [1.807, 2.05) is 17.0 Å². The molecule has 1 aliphatic rings. The second-order valence-corrected chi connectivity index (χ2v) is 9.37. The van der Waals surface area contributed by atoms with Crippen LogP contribution in [0.3, 0.4) is 0 Å². The summed E-state index contributed by atoms with van der Waals surface area (Å²) in [6.07, 6.45) is 1.34. The van der Waals surface area contributed by atoms with Crippen molar-refractivity contribution in [3.8, 4) is 0 Å². The van der Waals surface area contributed by atoms with Crippen molar-refractivity contribution in [3.05, 3.63) is 40.9 Å². The number of benzene rings is 1. The summed E-state index contributed by atoms with van der Waals surface area (Å²) in [7, 11) is -3.52. The lowest BCUT2D eigenvalue weighted by atomic mass is 10.0. The molecule has 0 bridgehead atoms. The molecule has 0 aliphatic carbocycles. The average molecular weight is 396 g/mol. The standard InChI is InChI=1S/C17H21N3O4S2/c1-12(2)13-3-5-14(6-4-13)26(23,24)20-9-7-19(8-10-20)17-18-11-15(25-17)16(21)22/h3-6,11-12H,7-10H2,1-2H3,(H,21,22). The fourth-order valence-corrected chi connectivity index (χ4v) is 5.03. The molecule has 2 aromatic rings. The topological polar surface area (TPSA) is 90.8 Å². The van der Waals surface area contributed by atoms with Crippen LogP contribution in [0.5, 0.6) is 0 Å². The monoisotopic (exact) mass is 395 g/mol. The van der Waals surface area contributed by atoms with Gasteiger partial charge in [0.15, 0.2) is 5.13 Å². The summed E-state index contributed by atoms with van der Waals surface area (Å²) in [5.41, 5.74) is 1.10. The molecular weight excluding hydrogens is 374 g/mol. The second kappa shape index (κ2) is 7.34. The molecule has 1 aromatic carbocycles. The van der Waals surface area contributed by atoms with Gasteiger partial charge < -0.3 is 10.0 Å². The molecule has 1 saturated heterocycles. The largest absolute Gasteiger partial charge is 0.477 e. The van der Waals surface area contributed by atoms with E-state index in [4.69, 9.17) is 5.11 Å². The first-order chi connectivity index (χ1) is 12.3. The Morgan fingerprint density at radius 1 is 1.15 bits per heavy atom. The predicted octanol–water partition coefficient (Wildman–Crippen LogP) is 2.48. The highest BCUT2D eigenvalue weighted by Crippen LogP contribution is 2.26. The molecule has 1 aromatic heterocycles. The summed E-state index contributed by atoms with van der Waals surface area (Å²) in [6, 6.07) is 7.04. The molecule has 0 saturated carbocycles. The summed E-state index contributed by atoms with van der Waals surface area (Å²) in [4.78, 5) is 17.5. The molecule has 9 heteroatoms. The SMILES string of the molecule is CC(C)c1ccc(S(=O)(=O)N2CCN(c3ncc(C(=O)O)s3)CC2)cc1. The lowest BCUT2D eigenvalue weighted by molar-refractivity contribution is 0.0702. The van der Waals surface area contributed by atoms with Crippen molar-refractivity contribution in [1.82, 2.24) is 9.29 Å². The van der Waals surface area contributed by atoms with Crippen molar-refractivity contribution < 1.29 is 18.3 Å². The Labute approximate surface area is 156 Å². The van der Waals surface area contributed by atoms with Crippen LogP contribution < -0.4 is 4.90 Å². The average Bonchev–Trinajstić information content (AvgIpc) is 3.12. The smallest absolute Gasteiger partial charge is 0.347 e. The van der Waals surface area contributed by atoms with Gasteiger partial charge in [-0.2, -0.15) is 4.31 Å². The first-order valence-corrected chi connectivity index (χ1v) is 10.6. The third kappa shape index (κ3) is 3.74. The van der Waals surface area contributed by atoms with Crippen LogP contribution in [-0.2, 0) is 10.0 Å². The molecular formula is C17H21N3O4S2. The van der Waals surface area contributed by atoms with Crippen LogP contribution in [0.15, 0.2) is 35.4 Å². The lowest BCUT2D eigenvalue weighted by Gasteiger charge is -2.33. The minimum absolute atomic E-state index is 0.181. The zero-order chi connectivity index (χ0) is 18.9. The Kier molecular flexibility index (Phi) is 5.31. The highest BCUT2D eigenvalue weighted by Gasteiger charge is 2.29. The number of aromatic carboxylic acids is 1. The van der Waals surface area contributed by atoms with Gasteiger partial charge in [-0.25, -0.2) is 18.2 Å². The second-order valence-electron chi connectivity index (χ2n) is 6.43. The van der Waals surface area contributed by atoms with Crippen LogP contribution in [-0.4, -0.2) is 55.0 Å². The van der Waals surface area contributed by atoms with Gasteiger partial charge in [-0.05, 0) is 23.6 Å². The zero-order valence-corrected chi connectivity index (χ0v) is 16.3. The van der Waals surface area contributed by atoms with Crippen LogP contribution >= 0.6 is 11.3 Å². The number of rotatable bonds is 5. The molecule has 140 valence electrons. The molecule has 0 atom stereocenters. The summed E-state index contributed by atoms with van der Waals surface area (Å²) in [5, 5.41) is 9.60. The molecule has 2 heterocycles. The number of hydrogen-bond acceptors (Lipinski definition) is 6. The number of piperazine rings is 1. The maximum Gasteiger partial charge on any atom is 0.347 e. The molecule has 0 radical (unpaired) electrons. The van der Waals surface area contributed by atoms with Crippen molar-refractivity contribution in [1.29, 1.82) is 0 Å². The van der Waals surface area contributed by atoms with E-state index >= 15 is 0 Å². The van der Waals surface area contributed by atoms with E-state index in [9.17, 15) is 13.2 Å². The predicted molar refractivity (Wildman–Crippen MR) is 101 cm³/mol. The van der Waals surface area contributed by atoms with E-state index in [0.717, 1.165) is 16.9 Å². The van der Waals surface area contributed by atoms with Gasteiger partial charge in [0.1, 0.15) is 4.88 Å². The summed E-state index contributed by atoms with van der Waals surface area (Å²) >= 11 is 1.10. The third-order valence-corrected chi connectivity index (χ3v) is 7.36. The van der Waals surface area contributed by atoms with Crippen LogP contribution in [0, 0.1) is 0 Å². The Morgan fingerprint density at radius 3 is 2.27 bits per heavy atom. The molecule has 0 unspecified atom stereocenters. The van der Waals surface area contributed by atoms with E-state index in [-0.39, 0.29) is 4.88 Å². The minimum Gasteiger partial charge on any atom is -0.477 e. The maximum atomic E-state index is 12.8. The molecule has 1 aliphatic heterocycles. The van der Waals surface area contributed by atoms with E-state index in [1.165, 1.54) is 10.5 Å². The van der Waals surface area contributed by atoms with Crippen molar-refractivity contribution in [2.45, 2.75) is 24.7 Å². The van der Waals surface area contributed by atoms with Gasteiger partial charge in [0.05, 0.1) is 11.1 Å². The van der Waals surface area contributed by atoms with Gasteiger partial charge in [-0.1, -0.05) is 37.3 Å². The van der Waals surface area contributed by atoms with Crippen LogP contribution in [0.4, 0.5) is 5.13 Å². The van der Waals surface area contributed by atoms with E-state index in [0.29, 0.717) is 42.1 Å². The number of nitrogens with zero attached hydrogens (tertiary/aromatic N) is 3. The number of sulfonamides is 1. The molecule has 7 nitrogen and oxygen atoms in total. The summed E-state index contributed by atoms with van der Waals surface area (Å²) in [5.74, 6) is -0.649. The quantitative estimate of drug-likeness (QED) is 0.836. The summed E-state index contributed by atoms with van der Waals surface area (Å²) in [6.45, 7) is 5.78. The molecule has 0 amide bonds. The van der Waals surface area contributed by atoms with Gasteiger partial charge in [0, 0.05) is 26.2 Å². The Hall–Kier alpha value is -1.97. The fraction of sp³-hybridized carbons (Fsp3) is 0.412. The first kappa shape index (κ1) is 18.8. The van der Waals surface area contributed by atoms with Crippen molar-refractivity contribution in [2.75, 3.05) is 31.1 Å². The zero-order valence-electron chi connectivity index (χ0n) is 14.6. The van der Waals surface area contributed by atoms with Crippen molar-refractivity contribution >= 4 is 32.5 Å². The Balaban J connectivity index is 1.69. The van der Waals surface area contributed by atoms with Gasteiger partial charge >= 0.3 is 5.97 Å². The number of thiazole rings is 1. The van der Waals surface area contributed by atoms with Gasteiger partial charge in [-0.15, -0.1) is 0 Å². The normalized spacial score (nSPS) is 16.2. The van der Waals surface area contributed by atoms with Crippen LogP contribution in [0.25, 0.3) is 0 Å². The van der Waals surface area contributed by atoms with Crippen molar-refractivity contribution in [3.63, 3.8) is 0 Å². The van der Waals surface area contributed by atoms with E-state index in [1.54, 1.807) is 12.1 Å². The van der Waals surface area contributed by atoms with Gasteiger partial charge in [0.25, 0.3) is 0 Å². The molecule has 3 rings (SSSR count). The fourth-order valence-electron chi connectivity index (χ4n) is 2.80. The number of hydrogen-bond donors (Lipinski definition) is 1. The minimum atomic E-state index is -3.52. The van der Waals surface area contributed by atoms with Crippen LogP contribution in [0.2, 0.25) is 0 Å². The number of carboxylic acid groups (broad SMARTS) is 1. The highest BCUT2D eigenvalue weighted by molar-refractivity contribution is 7.89. The molecule has 26 heavy (non-hydrogen) atoms. The maximum absolute atomic E-state index is 12.8. The van der Waals surface area contributed by atoms with E-state index in [2.05, 4.69) is 18.8 Å². The lowest BCUT2D eigenvalue weighted by Crippen LogP contribution is -2.48. The summed E-state index contributed by atoms with van der Waals surface area (Å²) < 4.78 is 27.1. The first-order valence-electron chi connectivity index (χ1n) is 8.33. The number of anilines is 1. The molecule has 0 spiro atoms. The number of carbonyl (C=O) groups is 1. The Morgan fingerprint density at radius 2 is 1.77 bits per heavy atom. The Bertz CT molecular complexity index is 883. The number of carboxylic acids is 1. The van der Waals surface area contributed by atoms with Crippen LogP contribution in [0.1, 0.15) is 35.0 Å². The van der Waals surface area contributed by atoms with Gasteiger partial charge in [-0.3, -0.25) is 0 Å². The molecule has 1 fully saturated rings.